The first kappa shape index (κ1) is 35.9. The molecule has 2 aromatic heterocycles. The highest BCUT2D eigenvalue weighted by atomic mass is 32.3. The third kappa shape index (κ3) is 7.45. The Morgan fingerprint density at radius 3 is 2.37 bits per heavy atom. The van der Waals surface area contributed by atoms with E-state index in [1.54, 1.807) is 34.6 Å². The van der Waals surface area contributed by atoms with Crippen molar-refractivity contribution in [3.8, 4) is 17.1 Å². The molecule has 49 heavy (non-hydrogen) atoms. The number of hydrogen-bond donors (Lipinski definition) is 4. The zero-order valence-electron chi connectivity index (χ0n) is 27.6. The van der Waals surface area contributed by atoms with Crippen LogP contribution in [0.4, 0.5) is 4.79 Å². The van der Waals surface area contributed by atoms with Crippen LogP contribution in [-0.2, 0) is 49.9 Å². The first-order valence-electron chi connectivity index (χ1n) is 15.8. The number of esters is 1. The number of ether oxygens (including phenoxy) is 2. The fraction of sp³-hybridized carbons (Fsp3) is 0.469. The number of fused-ring (bicyclic) bond motifs is 5. The third-order valence-electron chi connectivity index (χ3n) is 8.78. The molecule has 3 aliphatic heterocycles. The molecule has 4 N–H and O–H groups in total. The van der Waals surface area contributed by atoms with E-state index in [9.17, 15) is 24.3 Å². The Labute approximate surface area is 282 Å². The van der Waals surface area contributed by atoms with Crippen LogP contribution in [0.15, 0.2) is 29.1 Å². The molecule has 6 rings (SSSR count). The second kappa shape index (κ2) is 13.8. The van der Waals surface area contributed by atoms with Gasteiger partial charge < -0.3 is 29.4 Å². The number of carbonyl (C=O) groups excluding carboxylic acids is 3. The van der Waals surface area contributed by atoms with Gasteiger partial charge in [-0.3, -0.25) is 23.6 Å². The summed E-state index contributed by atoms with van der Waals surface area (Å²) in [6.45, 7) is 10.0. The highest BCUT2D eigenvalue weighted by Gasteiger charge is 2.45. The van der Waals surface area contributed by atoms with E-state index in [0.717, 1.165) is 16.5 Å². The van der Waals surface area contributed by atoms with E-state index in [1.807, 2.05) is 31.7 Å². The Hall–Kier alpha value is -4.42. The van der Waals surface area contributed by atoms with Gasteiger partial charge >= 0.3 is 22.5 Å². The van der Waals surface area contributed by atoms with Gasteiger partial charge in [-0.1, -0.05) is 13.8 Å². The quantitative estimate of drug-likeness (QED) is 0.166. The van der Waals surface area contributed by atoms with E-state index in [4.69, 9.17) is 32.0 Å². The lowest BCUT2D eigenvalue weighted by Crippen LogP contribution is -2.52. The standard InChI is InChI=1S/C32H37N5O7.H2O4S/c1-5-20-21-13-19(44-31(41)36-11-9-35(10-12-36)16-27(38)33-18(3)4)7-8-25(21)34-28-22(20)15-37-26(28)14-24-23(29(37)39)17-43-30(40)32(24,42)6-2;1-5(2,3)4/h7-8,13-14,18,42H,5-6,9-12,15-17H2,1-4H3,(H,33,38);(H2,1,2,3,4)/t32-;/m0./s1. The Morgan fingerprint density at radius 1 is 1.08 bits per heavy atom. The van der Waals surface area contributed by atoms with Crippen LogP contribution in [0.5, 0.6) is 5.75 Å². The van der Waals surface area contributed by atoms with Crippen LogP contribution in [0.1, 0.15) is 56.4 Å². The number of hydrogen-bond acceptors (Lipinski definition) is 11. The van der Waals surface area contributed by atoms with E-state index >= 15 is 0 Å². The number of amides is 2. The molecule has 3 aliphatic rings. The Kier molecular flexibility index (Phi) is 10.1. The highest BCUT2D eigenvalue weighted by Crippen LogP contribution is 2.40. The van der Waals surface area contributed by atoms with E-state index in [0.29, 0.717) is 68.3 Å². The fourth-order valence-corrected chi connectivity index (χ4v) is 6.43. The van der Waals surface area contributed by atoms with Gasteiger partial charge in [-0.05, 0) is 56.5 Å². The van der Waals surface area contributed by atoms with Gasteiger partial charge in [0.25, 0.3) is 5.56 Å². The van der Waals surface area contributed by atoms with Gasteiger partial charge in [0, 0.05) is 48.7 Å². The van der Waals surface area contributed by atoms with Crippen molar-refractivity contribution >= 4 is 39.3 Å². The maximum Gasteiger partial charge on any atom is 0.415 e. The number of aryl methyl sites for hydroxylation is 1. The summed E-state index contributed by atoms with van der Waals surface area (Å²) < 4.78 is 44.2. The first-order valence-corrected chi connectivity index (χ1v) is 17.2. The molecule has 5 heterocycles. The molecule has 0 spiro atoms. The number of nitrogens with one attached hydrogen (secondary N) is 1. The number of aromatic nitrogens is 2. The lowest BCUT2D eigenvalue weighted by molar-refractivity contribution is -0.172. The van der Waals surface area contributed by atoms with Crippen molar-refractivity contribution in [2.45, 2.75) is 65.3 Å². The SMILES string of the molecule is CCc1c2c(nc3ccc(OC(=O)N4CCN(CC(=O)NC(C)C)CC4)cc13)-c1cc3c(c(=O)n1C2)COC(=O)[C@]3(O)CC.O=S(=O)(O)O. The summed E-state index contributed by atoms with van der Waals surface area (Å²) in [5.74, 6) is -0.392. The summed E-state index contributed by atoms with van der Waals surface area (Å²) in [5, 5.41) is 14.9. The third-order valence-corrected chi connectivity index (χ3v) is 8.78. The van der Waals surface area contributed by atoms with Gasteiger partial charge in [0.2, 0.25) is 5.91 Å². The van der Waals surface area contributed by atoms with Crippen LogP contribution in [0, 0.1) is 0 Å². The van der Waals surface area contributed by atoms with Crippen LogP contribution < -0.4 is 15.6 Å². The van der Waals surface area contributed by atoms with Crippen molar-refractivity contribution in [2.75, 3.05) is 32.7 Å². The normalized spacial score (nSPS) is 18.6. The summed E-state index contributed by atoms with van der Waals surface area (Å²) in [4.78, 5) is 59.7. The predicted octanol–water partition coefficient (Wildman–Crippen LogP) is 1.63. The van der Waals surface area contributed by atoms with Crippen molar-refractivity contribution in [1.29, 1.82) is 0 Å². The van der Waals surface area contributed by atoms with Crippen LogP contribution in [-0.4, -0.2) is 98.7 Å². The number of benzene rings is 1. The molecule has 0 unspecified atom stereocenters. The topological polar surface area (TPSA) is 218 Å². The molecule has 1 aromatic carbocycles. The van der Waals surface area contributed by atoms with Gasteiger partial charge in [0.15, 0.2) is 5.60 Å². The molecule has 0 saturated carbocycles. The van der Waals surface area contributed by atoms with Crippen molar-refractivity contribution < 1.29 is 46.5 Å². The number of nitrogens with zero attached hydrogens (tertiary/aromatic N) is 4. The average molecular weight is 702 g/mol. The minimum absolute atomic E-state index is 0.0295. The molecule has 0 bridgehead atoms. The Morgan fingerprint density at radius 2 is 1.76 bits per heavy atom. The predicted molar refractivity (Wildman–Crippen MR) is 175 cm³/mol. The summed E-state index contributed by atoms with van der Waals surface area (Å²) in [7, 11) is -4.67. The van der Waals surface area contributed by atoms with Gasteiger partial charge in [0.1, 0.15) is 12.4 Å². The smallest absolute Gasteiger partial charge is 0.415 e. The Balaban J connectivity index is 0.000000874. The van der Waals surface area contributed by atoms with Gasteiger partial charge in [-0.15, -0.1) is 0 Å². The number of aliphatic hydroxyl groups is 1. The largest absolute Gasteiger partial charge is 0.458 e. The van der Waals surface area contributed by atoms with Crippen molar-refractivity contribution in [3.63, 3.8) is 0 Å². The lowest BCUT2D eigenvalue weighted by atomic mass is 9.86. The summed E-state index contributed by atoms with van der Waals surface area (Å²) in [6.07, 6.45) is 0.271. The van der Waals surface area contributed by atoms with Gasteiger partial charge in [-0.2, -0.15) is 8.42 Å². The van der Waals surface area contributed by atoms with Crippen LogP contribution in [0.3, 0.4) is 0 Å². The molecule has 1 atom stereocenters. The molecule has 1 fully saturated rings. The number of carbonyl (C=O) groups is 3. The molecule has 3 aromatic rings. The minimum atomic E-state index is -4.67. The summed E-state index contributed by atoms with van der Waals surface area (Å²) in [5.41, 5.74) is 2.10. The second-order valence-electron chi connectivity index (χ2n) is 12.4. The van der Waals surface area contributed by atoms with Crippen molar-refractivity contribution in [2.24, 2.45) is 0 Å². The van der Waals surface area contributed by atoms with E-state index in [1.165, 1.54) is 0 Å². The maximum atomic E-state index is 13.6. The molecular formula is C32H39N5O11S. The molecule has 0 radical (unpaired) electrons. The van der Waals surface area contributed by atoms with Gasteiger partial charge in [0.05, 0.1) is 35.6 Å². The second-order valence-corrected chi connectivity index (χ2v) is 13.2. The summed E-state index contributed by atoms with van der Waals surface area (Å²) >= 11 is 0. The number of rotatable bonds is 6. The summed E-state index contributed by atoms with van der Waals surface area (Å²) in [6, 6.07) is 7.09. The zero-order chi connectivity index (χ0) is 35.8. The van der Waals surface area contributed by atoms with E-state index in [2.05, 4.69) is 5.32 Å². The van der Waals surface area contributed by atoms with Crippen molar-refractivity contribution in [1.82, 2.24) is 24.7 Å². The van der Waals surface area contributed by atoms with Crippen LogP contribution in [0.25, 0.3) is 22.3 Å². The molecule has 17 heteroatoms. The van der Waals surface area contributed by atoms with Crippen LogP contribution in [0.2, 0.25) is 0 Å². The first-order chi connectivity index (χ1) is 23.0. The monoisotopic (exact) mass is 701 g/mol. The van der Waals surface area contributed by atoms with Gasteiger partial charge in [-0.25, -0.2) is 14.6 Å². The van der Waals surface area contributed by atoms with Crippen molar-refractivity contribution in [3.05, 3.63) is 56.9 Å². The molecule has 0 aliphatic carbocycles. The van der Waals surface area contributed by atoms with E-state index in [-0.39, 0.29) is 41.7 Å². The minimum Gasteiger partial charge on any atom is -0.458 e. The highest BCUT2D eigenvalue weighted by molar-refractivity contribution is 7.79. The number of piperazine rings is 1. The molecule has 1 saturated heterocycles. The fourth-order valence-electron chi connectivity index (χ4n) is 6.43. The molecule has 264 valence electrons. The van der Waals surface area contributed by atoms with Crippen LogP contribution >= 0.6 is 0 Å². The number of pyridine rings is 2. The molecular weight excluding hydrogens is 662 g/mol. The molecule has 2 amide bonds. The lowest BCUT2D eigenvalue weighted by Gasteiger charge is -2.33. The Bertz CT molecular complexity index is 1980. The maximum absolute atomic E-state index is 13.6. The average Bonchev–Trinajstić information content (AvgIpc) is 3.39. The zero-order valence-corrected chi connectivity index (χ0v) is 28.4. The van der Waals surface area contributed by atoms with E-state index < -0.39 is 28.1 Å². The number of cyclic esters (lactones) is 1. The molecule has 16 nitrogen and oxygen atoms in total.